The minimum atomic E-state index is -0.260. The van der Waals surface area contributed by atoms with Crippen LogP contribution < -0.4 is 0 Å². The predicted molar refractivity (Wildman–Crippen MR) is 110 cm³/mol. The maximum absolute atomic E-state index is 12.5. The van der Waals surface area contributed by atoms with Gasteiger partial charge in [-0.3, -0.25) is 14.5 Å². The number of rotatable bonds is 8. The smallest absolute Gasteiger partial charge is 0.305 e. The van der Waals surface area contributed by atoms with Gasteiger partial charge in [-0.05, 0) is 38.2 Å². The molecule has 0 aromatic heterocycles. The summed E-state index contributed by atoms with van der Waals surface area (Å²) in [4.78, 5) is 28.2. The van der Waals surface area contributed by atoms with Crippen molar-refractivity contribution >= 4 is 57.9 Å². The standard InChI is InChI=1S/C18H21ClN2O3S2/c1-20(2)10-11-24-16(22)8-5-9-21-17(23)15(26-18(21)25)12-13-6-3-4-7-14(13)19/h3-4,6-7,12H,5,8-11H2,1-2H3/b15-12-. The molecule has 0 bridgehead atoms. The van der Waals surface area contributed by atoms with Crippen LogP contribution in [-0.2, 0) is 14.3 Å². The lowest BCUT2D eigenvalue weighted by molar-refractivity contribution is -0.144. The van der Waals surface area contributed by atoms with E-state index in [1.807, 2.05) is 37.2 Å². The first-order valence-corrected chi connectivity index (χ1v) is 9.79. The molecule has 0 spiro atoms. The van der Waals surface area contributed by atoms with Crippen molar-refractivity contribution in [2.45, 2.75) is 12.8 Å². The molecule has 1 aromatic carbocycles. The second-order valence-electron chi connectivity index (χ2n) is 5.98. The number of ether oxygens (including phenoxy) is 1. The van der Waals surface area contributed by atoms with E-state index in [1.165, 1.54) is 16.7 Å². The summed E-state index contributed by atoms with van der Waals surface area (Å²) < 4.78 is 5.63. The van der Waals surface area contributed by atoms with Crippen LogP contribution in [-0.4, -0.2) is 59.8 Å². The van der Waals surface area contributed by atoms with Crippen molar-refractivity contribution in [3.05, 3.63) is 39.8 Å². The second kappa shape index (κ2) is 10.1. The third kappa shape index (κ3) is 6.09. The van der Waals surface area contributed by atoms with Crippen molar-refractivity contribution in [2.75, 3.05) is 33.8 Å². The van der Waals surface area contributed by atoms with E-state index in [0.29, 0.717) is 40.4 Å². The van der Waals surface area contributed by atoms with Crippen LogP contribution in [0.3, 0.4) is 0 Å². The van der Waals surface area contributed by atoms with Crippen molar-refractivity contribution in [1.29, 1.82) is 0 Å². The number of amides is 1. The fourth-order valence-corrected chi connectivity index (χ4v) is 3.71. The maximum Gasteiger partial charge on any atom is 0.305 e. The van der Waals surface area contributed by atoms with Gasteiger partial charge in [-0.25, -0.2) is 0 Å². The van der Waals surface area contributed by atoms with Gasteiger partial charge in [0.2, 0.25) is 0 Å². The molecule has 1 heterocycles. The van der Waals surface area contributed by atoms with Gasteiger partial charge in [0.25, 0.3) is 5.91 Å². The van der Waals surface area contributed by atoms with E-state index in [-0.39, 0.29) is 18.3 Å². The van der Waals surface area contributed by atoms with E-state index in [2.05, 4.69) is 0 Å². The highest BCUT2D eigenvalue weighted by Crippen LogP contribution is 2.33. The zero-order valence-electron chi connectivity index (χ0n) is 14.7. The highest BCUT2D eigenvalue weighted by Gasteiger charge is 2.31. The van der Waals surface area contributed by atoms with Gasteiger partial charge in [-0.2, -0.15) is 0 Å². The average Bonchev–Trinajstić information content (AvgIpc) is 2.84. The monoisotopic (exact) mass is 412 g/mol. The number of hydrogen-bond donors (Lipinski definition) is 0. The van der Waals surface area contributed by atoms with Gasteiger partial charge in [-0.1, -0.05) is 53.8 Å². The molecule has 0 aliphatic carbocycles. The van der Waals surface area contributed by atoms with E-state index in [1.54, 1.807) is 12.1 Å². The molecule has 1 aliphatic heterocycles. The molecule has 2 rings (SSSR count). The summed E-state index contributed by atoms with van der Waals surface area (Å²) >= 11 is 12.7. The Kier molecular flexibility index (Phi) is 8.09. The number of hydrogen-bond acceptors (Lipinski definition) is 6. The number of thiocarbonyl (C=S) groups is 1. The van der Waals surface area contributed by atoms with Crippen LogP contribution in [0.4, 0.5) is 0 Å². The molecule has 1 fully saturated rings. The molecule has 26 heavy (non-hydrogen) atoms. The SMILES string of the molecule is CN(C)CCOC(=O)CCCN1C(=O)/C(=C/c2ccccc2Cl)SC1=S. The molecular weight excluding hydrogens is 392 g/mol. The summed E-state index contributed by atoms with van der Waals surface area (Å²) in [6.45, 7) is 1.45. The van der Waals surface area contributed by atoms with Crippen LogP contribution in [0.1, 0.15) is 18.4 Å². The fourth-order valence-electron chi connectivity index (χ4n) is 2.22. The first-order chi connectivity index (χ1) is 12.4. The normalized spacial score (nSPS) is 16.0. The van der Waals surface area contributed by atoms with Crippen LogP contribution in [0.2, 0.25) is 5.02 Å². The lowest BCUT2D eigenvalue weighted by Crippen LogP contribution is -2.29. The summed E-state index contributed by atoms with van der Waals surface area (Å²) in [5, 5.41) is 0.582. The number of esters is 1. The molecule has 1 amide bonds. The van der Waals surface area contributed by atoms with Gasteiger partial charge in [0, 0.05) is 24.5 Å². The van der Waals surface area contributed by atoms with Crippen LogP contribution in [0, 0.1) is 0 Å². The van der Waals surface area contributed by atoms with Crippen LogP contribution in [0.25, 0.3) is 6.08 Å². The quantitative estimate of drug-likeness (QED) is 0.370. The molecule has 0 atom stereocenters. The third-order valence-electron chi connectivity index (χ3n) is 3.63. The minimum Gasteiger partial charge on any atom is -0.464 e. The Labute approximate surface area is 168 Å². The van der Waals surface area contributed by atoms with E-state index >= 15 is 0 Å². The van der Waals surface area contributed by atoms with E-state index in [4.69, 9.17) is 28.6 Å². The summed E-state index contributed by atoms with van der Waals surface area (Å²) in [6, 6.07) is 7.32. The highest BCUT2D eigenvalue weighted by molar-refractivity contribution is 8.26. The molecule has 1 aromatic rings. The number of benzene rings is 1. The first-order valence-electron chi connectivity index (χ1n) is 8.18. The number of thioether (sulfide) groups is 1. The molecule has 5 nitrogen and oxygen atoms in total. The Morgan fingerprint density at radius 2 is 2.12 bits per heavy atom. The molecule has 140 valence electrons. The molecule has 0 radical (unpaired) electrons. The van der Waals surface area contributed by atoms with E-state index in [0.717, 1.165) is 5.56 Å². The van der Waals surface area contributed by atoms with Gasteiger partial charge in [0.1, 0.15) is 10.9 Å². The van der Waals surface area contributed by atoms with Gasteiger partial charge in [0.05, 0.1) is 4.91 Å². The van der Waals surface area contributed by atoms with Crippen molar-refractivity contribution < 1.29 is 14.3 Å². The van der Waals surface area contributed by atoms with Crippen LogP contribution in [0.5, 0.6) is 0 Å². The third-order valence-corrected chi connectivity index (χ3v) is 5.35. The van der Waals surface area contributed by atoms with Gasteiger partial charge in [-0.15, -0.1) is 0 Å². The van der Waals surface area contributed by atoms with Gasteiger partial charge in [0.15, 0.2) is 0 Å². The zero-order valence-corrected chi connectivity index (χ0v) is 17.1. The second-order valence-corrected chi connectivity index (χ2v) is 8.07. The molecule has 0 saturated carbocycles. The number of halogens is 1. The van der Waals surface area contributed by atoms with Crippen LogP contribution >= 0.6 is 35.6 Å². The molecule has 1 saturated heterocycles. The Bertz CT molecular complexity index is 722. The van der Waals surface area contributed by atoms with E-state index in [9.17, 15) is 9.59 Å². The maximum atomic E-state index is 12.5. The van der Waals surface area contributed by atoms with Crippen molar-refractivity contribution in [2.24, 2.45) is 0 Å². The Balaban J connectivity index is 1.85. The van der Waals surface area contributed by atoms with Crippen molar-refractivity contribution in [3.8, 4) is 0 Å². The first kappa shape index (κ1) is 20.9. The van der Waals surface area contributed by atoms with Gasteiger partial charge < -0.3 is 9.64 Å². The summed E-state index contributed by atoms with van der Waals surface area (Å²) in [7, 11) is 3.83. The number of nitrogens with zero attached hydrogens (tertiary/aromatic N) is 2. The lowest BCUT2D eigenvalue weighted by Gasteiger charge is -2.14. The van der Waals surface area contributed by atoms with Crippen molar-refractivity contribution in [3.63, 3.8) is 0 Å². The number of carbonyl (C=O) groups excluding carboxylic acids is 2. The van der Waals surface area contributed by atoms with E-state index < -0.39 is 0 Å². The fraction of sp³-hybridized carbons (Fsp3) is 0.389. The highest BCUT2D eigenvalue weighted by atomic mass is 35.5. The largest absolute Gasteiger partial charge is 0.464 e. The lowest BCUT2D eigenvalue weighted by atomic mass is 10.2. The minimum absolute atomic E-state index is 0.152. The van der Waals surface area contributed by atoms with Gasteiger partial charge >= 0.3 is 5.97 Å². The Hall–Kier alpha value is -1.41. The zero-order chi connectivity index (χ0) is 19.1. The summed E-state index contributed by atoms with van der Waals surface area (Å²) in [5.41, 5.74) is 0.777. The average molecular weight is 413 g/mol. The molecule has 0 unspecified atom stereocenters. The number of carbonyl (C=O) groups is 2. The summed E-state index contributed by atoms with van der Waals surface area (Å²) in [5.74, 6) is -0.412. The Morgan fingerprint density at radius 3 is 2.81 bits per heavy atom. The topological polar surface area (TPSA) is 49.9 Å². The van der Waals surface area contributed by atoms with Crippen molar-refractivity contribution in [1.82, 2.24) is 9.80 Å². The number of likely N-dealkylation sites (N-methyl/N-ethyl adjacent to an activating group) is 1. The van der Waals surface area contributed by atoms with Crippen LogP contribution in [0.15, 0.2) is 29.2 Å². The molecular formula is C18H21ClN2O3S2. The molecule has 1 aliphatic rings. The summed E-state index contributed by atoms with van der Waals surface area (Å²) in [6.07, 6.45) is 2.51. The Morgan fingerprint density at radius 1 is 1.38 bits per heavy atom. The molecule has 0 N–H and O–H groups in total. The molecule has 8 heteroatoms. The predicted octanol–water partition coefficient (Wildman–Crippen LogP) is 3.43.